The zero-order valence-electron chi connectivity index (χ0n) is 11.6. The average molecular weight is 297 g/mol. The standard InChI is InChI=1S/C13H19N3O3S/c1-3-16(8(2)6-11(17)18)13(19)15-12-14-10(7-20-12)9-4-5-9/h7-9H,3-6H2,1-2H3,(H,17,18)(H,14,15,19). The van der Waals surface area contributed by atoms with Gasteiger partial charge in [-0.3, -0.25) is 10.1 Å². The van der Waals surface area contributed by atoms with Gasteiger partial charge in [-0.05, 0) is 26.7 Å². The van der Waals surface area contributed by atoms with E-state index < -0.39 is 5.97 Å². The molecule has 1 aliphatic rings. The van der Waals surface area contributed by atoms with Crippen molar-refractivity contribution in [2.45, 2.75) is 45.1 Å². The topological polar surface area (TPSA) is 82.5 Å². The van der Waals surface area contributed by atoms with Crippen LogP contribution in [0.1, 0.15) is 44.7 Å². The Labute approximate surface area is 121 Å². The molecule has 0 aliphatic heterocycles. The Bertz CT molecular complexity index is 499. The first-order valence-corrected chi connectivity index (χ1v) is 7.64. The normalized spacial score (nSPS) is 15.7. The molecule has 6 nitrogen and oxygen atoms in total. The second-order valence-electron chi connectivity index (χ2n) is 5.01. The van der Waals surface area contributed by atoms with E-state index in [0.29, 0.717) is 17.6 Å². The van der Waals surface area contributed by atoms with Crippen molar-refractivity contribution in [1.82, 2.24) is 9.88 Å². The van der Waals surface area contributed by atoms with E-state index in [1.54, 1.807) is 6.92 Å². The van der Waals surface area contributed by atoms with Gasteiger partial charge in [0.15, 0.2) is 5.13 Å². The summed E-state index contributed by atoms with van der Waals surface area (Å²) >= 11 is 1.41. The van der Waals surface area contributed by atoms with Gasteiger partial charge in [0.1, 0.15) is 0 Å². The zero-order valence-corrected chi connectivity index (χ0v) is 12.4. The van der Waals surface area contributed by atoms with Crippen LogP contribution in [-0.2, 0) is 4.79 Å². The summed E-state index contributed by atoms with van der Waals surface area (Å²) in [5.41, 5.74) is 1.05. The van der Waals surface area contributed by atoms with E-state index in [9.17, 15) is 9.59 Å². The van der Waals surface area contributed by atoms with E-state index >= 15 is 0 Å². The SMILES string of the molecule is CCN(C(=O)Nc1nc(C2CC2)cs1)C(C)CC(=O)O. The number of carbonyl (C=O) groups is 2. The van der Waals surface area contributed by atoms with Gasteiger partial charge in [0.25, 0.3) is 0 Å². The number of carboxylic acid groups (broad SMARTS) is 1. The molecule has 7 heteroatoms. The molecule has 0 saturated heterocycles. The third-order valence-electron chi connectivity index (χ3n) is 3.34. The highest BCUT2D eigenvalue weighted by molar-refractivity contribution is 7.13. The van der Waals surface area contributed by atoms with Crippen LogP contribution in [0.2, 0.25) is 0 Å². The lowest BCUT2D eigenvalue weighted by molar-refractivity contribution is -0.137. The maximum Gasteiger partial charge on any atom is 0.323 e. The van der Waals surface area contributed by atoms with Crippen LogP contribution in [-0.4, -0.2) is 39.6 Å². The lowest BCUT2D eigenvalue weighted by atomic mass is 10.2. The predicted molar refractivity (Wildman–Crippen MR) is 77.2 cm³/mol. The summed E-state index contributed by atoms with van der Waals surface area (Å²) in [6.07, 6.45) is 2.29. The summed E-state index contributed by atoms with van der Waals surface area (Å²) in [5, 5.41) is 14.1. The second-order valence-corrected chi connectivity index (χ2v) is 5.87. The largest absolute Gasteiger partial charge is 0.481 e. The van der Waals surface area contributed by atoms with Crippen molar-refractivity contribution in [3.8, 4) is 0 Å². The van der Waals surface area contributed by atoms with E-state index in [2.05, 4.69) is 10.3 Å². The highest BCUT2D eigenvalue weighted by atomic mass is 32.1. The molecular weight excluding hydrogens is 278 g/mol. The first-order valence-electron chi connectivity index (χ1n) is 6.76. The van der Waals surface area contributed by atoms with Crippen molar-refractivity contribution >= 4 is 28.5 Å². The van der Waals surface area contributed by atoms with Crippen molar-refractivity contribution in [3.05, 3.63) is 11.1 Å². The highest BCUT2D eigenvalue weighted by Gasteiger charge is 2.27. The first-order chi connectivity index (χ1) is 9.51. The Morgan fingerprint density at radius 1 is 1.60 bits per heavy atom. The minimum atomic E-state index is -0.908. The fourth-order valence-electron chi connectivity index (χ4n) is 2.09. The van der Waals surface area contributed by atoms with Crippen molar-refractivity contribution in [2.75, 3.05) is 11.9 Å². The van der Waals surface area contributed by atoms with Gasteiger partial charge in [0.05, 0.1) is 12.1 Å². The Kier molecular flexibility index (Phi) is 4.59. The maximum absolute atomic E-state index is 12.1. The number of aliphatic carboxylic acids is 1. The molecule has 20 heavy (non-hydrogen) atoms. The van der Waals surface area contributed by atoms with Gasteiger partial charge < -0.3 is 10.0 Å². The van der Waals surface area contributed by atoms with Gasteiger partial charge in [-0.15, -0.1) is 11.3 Å². The van der Waals surface area contributed by atoms with Crippen molar-refractivity contribution in [2.24, 2.45) is 0 Å². The lowest BCUT2D eigenvalue weighted by Crippen LogP contribution is -2.42. The number of nitrogens with one attached hydrogen (secondary N) is 1. The molecule has 0 bridgehead atoms. The van der Waals surface area contributed by atoms with Gasteiger partial charge in [-0.2, -0.15) is 0 Å². The van der Waals surface area contributed by atoms with Crippen LogP contribution in [0.25, 0.3) is 0 Å². The van der Waals surface area contributed by atoms with Crippen LogP contribution in [0.3, 0.4) is 0 Å². The molecule has 0 spiro atoms. The molecule has 2 N–H and O–H groups in total. The number of carboxylic acids is 1. The summed E-state index contributed by atoms with van der Waals surface area (Å²) in [7, 11) is 0. The van der Waals surface area contributed by atoms with Gasteiger partial charge in [0, 0.05) is 23.9 Å². The predicted octanol–water partition coefficient (Wildman–Crippen LogP) is 2.74. The Morgan fingerprint density at radius 2 is 2.30 bits per heavy atom. The second kappa shape index (κ2) is 6.21. The number of urea groups is 1. The lowest BCUT2D eigenvalue weighted by Gasteiger charge is -2.26. The fourth-order valence-corrected chi connectivity index (χ4v) is 2.87. The van der Waals surface area contributed by atoms with Crippen LogP contribution in [0.4, 0.5) is 9.93 Å². The van der Waals surface area contributed by atoms with Crippen LogP contribution in [0.15, 0.2) is 5.38 Å². The summed E-state index contributed by atoms with van der Waals surface area (Å²) in [4.78, 5) is 28.8. The van der Waals surface area contributed by atoms with Crippen LogP contribution >= 0.6 is 11.3 Å². The molecule has 1 aliphatic carbocycles. The average Bonchev–Trinajstić information content (AvgIpc) is 3.10. The number of aromatic nitrogens is 1. The van der Waals surface area contributed by atoms with Crippen molar-refractivity contribution in [3.63, 3.8) is 0 Å². The molecular formula is C13H19N3O3S. The number of hydrogen-bond donors (Lipinski definition) is 2. The number of amides is 2. The van der Waals surface area contributed by atoms with Crippen LogP contribution in [0, 0.1) is 0 Å². The molecule has 1 fully saturated rings. The molecule has 2 amide bonds. The van der Waals surface area contributed by atoms with E-state index in [0.717, 1.165) is 5.69 Å². The first kappa shape index (κ1) is 14.8. The molecule has 0 radical (unpaired) electrons. The molecule has 1 atom stereocenters. The number of anilines is 1. The van der Waals surface area contributed by atoms with E-state index in [4.69, 9.17) is 5.11 Å². The smallest absolute Gasteiger partial charge is 0.323 e. The molecule has 1 aromatic heterocycles. The van der Waals surface area contributed by atoms with Crippen molar-refractivity contribution in [1.29, 1.82) is 0 Å². The van der Waals surface area contributed by atoms with Gasteiger partial charge in [0.2, 0.25) is 0 Å². The molecule has 1 aromatic rings. The monoisotopic (exact) mass is 297 g/mol. The number of thiazole rings is 1. The minimum absolute atomic E-state index is 0.0630. The molecule has 0 aromatic carbocycles. The third-order valence-corrected chi connectivity index (χ3v) is 4.11. The van der Waals surface area contributed by atoms with E-state index in [1.165, 1.54) is 29.1 Å². The molecule has 1 unspecified atom stereocenters. The van der Waals surface area contributed by atoms with Crippen molar-refractivity contribution < 1.29 is 14.7 Å². The molecule has 110 valence electrons. The summed E-state index contributed by atoms with van der Waals surface area (Å²) in [6, 6.07) is -0.640. The van der Waals surface area contributed by atoms with E-state index in [1.807, 2.05) is 12.3 Å². The number of rotatable bonds is 6. The van der Waals surface area contributed by atoms with Gasteiger partial charge in [-0.1, -0.05) is 0 Å². The maximum atomic E-state index is 12.1. The quantitative estimate of drug-likeness (QED) is 0.845. The highest BCUT2D eigenvalue weighted by Crippen LogP contribution is 2.40. The third kappa shape index (κ3) is 3.69. The van der Waals surface area contributed by atoms with Crippen LogP contribution < -0.4 is 5.32 Å². The Balaban J connectivity index is 1.95. The van der Waals surface area contributed by atoms with Gasteiger partial charge in [-0.25, -0.2) is 9.78 Å². The fraction of sp³-hybridized carbons (Fsp3) is 0.615. The number of carbonyl (C=O) groups excluding carboxylic acids is 1. The van der Waals surface area contributed by atoms with Gasteiger partial charge >= 0.3 is 12.0 Å². The molecule has 1 saturated carbocycles. The minimum Gasteiger partial charge on any atom is -0.481 e. The number of hydrogen-bond acceptors (Lipinski definition) is 4. The molecule has 2 rings (SSSR count). The van der Waals surface area contributed by atoms with Crippen LogP contribution in [0.5, 0.6) is 0 Å². The summed E-state index contributed by atoms with van der Waals surface area (Å²) in [6.45, 7) is 4.02. The molecule has 1 heterocycles. The van der Waals surface area contributed by atoms with E-state index in [-0.39, 0.29) is 18.5 Å². The summed E-state index contributed by atoms with van der Waals surface area (Å²) < 4.78 is 0. The number of nitrogens with zero attached hydrogens (tertiary/aromatic N) is 2. The Morgan fingerprint density at radius 3 is 2.85 bits per heavy atom. The Hall–Kier alpha value is -1.63. The summed E-state index contributed by atoms with van der Waals surface area (Å²) in [5.74, 6) is -0.348. The zero-order chi connectivity index (χ0) is 14.7.